The topological polar surface area (TPSA) is 20.2 Å². The minimum absolute atomic E-state index is 0.0897. The molecule has 1 unspecified atom stereocenters. The highest BCUT2D eigenvalue weighted by Crippen LogP contribution is 2.23. The molecule has 1 nitrogen and oxygen atoms in total. The molecule has 1 rings (SSSR count). The molecular formula is C14H26O. The van der Waals surface area contributed by atoms with Crippen molar-refractivity contribution in [2.45, 2.75) is 71.3 Å². The molecule has 15 heavy (non-hydrogen) atoms. The van der Waals surface area contributed by atoms with E-state index in [1.165, 1.54) is 44.1 Å². The molecule has 0 aromatic heterocycles. The van der Waals surface area contributed by atoms with Crippen LogP contribution in [0.25, 0.3) is 0 Å². The van der Waals surface area contributed by atoms with Crippen molar-refractivity contribution in [3.63, 3.8) is 0 Å². The number of aliphatic hydroxyl groups is 1. The van der Waals surface area contributed by atoms with Gasteiger partial charge in [0.15, 0.2) is 0 Å². The Labute approximate surface area is 94.6 Å². The minimum atomic E-state index is -0.0897. The molecule has 0 amide bonds. The third-order valence-electron chi connectivity index (χ3n) is 3.20. The molecule has 0 fully saturated rings. The van der Waals surface area contributed by atoms with E-state index in [0.717, 1.165) is 18.8 Å². The Hall–Kier alpha value is -0.300. The van der Waals surface area contributed by atoms with Gasteiger partial charge in [0.2, 0.25) is 0 Å². The van der Waals surface area contributed by atoms with Crippen molar-refractivity contribution in [2.24, 2.45) is 5.92 Å². The van der Waals surface area contributed by atoms with Crippen LogP contribution < -0.4 is 0 Å². The fourth-order valence-corrected chi connectivity index (χ4v) is 2.26. The van der Waals surface area contributed by atoms with E-state index in [1.807, 2.05) is 0 Å². The molecule has 0 heterocycles. The van der Waals surface area contributed by atoms with Crippen molar-refractivity contribution in [2.75, 3.05) is 0 Å². The molecule has 88 valence electrons. The highest BCUT2D eigenvalue weighted by molar-refractivity contribution is 5.06. The summed E-state index contributed by atoms with van der Waals surface area (Å²) in [4.78, 5) is 0. The molecule has 1 aliphatic carbocycles. The Balaban J connectivity index is 2.12. The second-order valence-corrected chi connectivity index (χ2v) is 5.29. The molecule has 0 spiro atoms. The second kappa shape index (κ2) is 7.05. The normalized spacial score (nSPS) is 19.1. The van der Waals surface area contributed by atoms with Crippen molar-refractivity contribution in [3.8, 4) is 0 Å². The first-order valence-electron chi connectivity index (χ1n) is 6.54. The van der Waals surface area contributed by atoms with Gasteiger partial charge in [0.1, 0.15) is 0 Å². The smallest absolute Gasteiger partial charge is 0.0577 e. The molecule has 0 aromatic carbocycles. The summed E-state index contributed by atoms with van der Waals surface area (Å²) in [6, 6.07) is 0. The van der Waals surface area contributed by atoms with Crippen LogP contribution in [-0.4, -0.2) is 11.2 Å². The van der Waals surface area contributed by atoms with Gasteiger partial charge >= 0.3 is 0 Å². The average Bonchev–Trinajstić information content (AvgIpc) is 2.18. The molecular weight excluding hydrogens is 184 g/mol. The molecule has 1 heteroatoms. The molecule has 0 saturated heterocycles. The van der Waals surface area contributed by atoms with Gasteiger partial charge in [-0.1, -0.05) is 38.3 Å². The van der Waals surface area contributed by atoms with Gasteiger partial charge < -0.3 is 5.11 Å². The van der Waals surface area contributed by atoms with Crippen LogP contribution in [0.1, 0.15) is 65.2 Å². The predicted molar refractivity (Wildman–Crippen MR) is 65.9 cm³/mol. The molecule has 0 saturated carbocycles. The Morgan fingerprint density at radius 1 is 1.27 bits per heavy atom. The fraction of sp³-hybridized carbons (Fsp3) is 0.857. The number of rotatable bonds is 6. The molecule has 0 aromatic rings. The van der Waals surface area contributed by atoms with Gasteiger partial charge in [-0.05, 0) is 44.4 Å². The Morgan fingerprint density at radius 3 is 2.67 bits per heavy atom. The van der Waals surface area contributed by atoms with Crippen molar-refractivity contribution in [1.82, 2.24) is 0 Å². The summed E-state index contributed by atoms with van der Waals surface area (Å²) in [5, 5.41) is 9.87. The molecule has 0 radical (unpaired) electrons. The van der Waals surface area contributed by atoms with Gasteiger partial charge in [-0.25, -0.2) is 0 Å². The summed E-state index contributed by atoms with van der Waals surface area (Å²) in [6.07, 6.45) is 11.7. The van der Waals surface area contributed by atoms with Crippen molar-refractivity contribution in [1.29, 1.82) is 0 Å². The first kappa shape index (κ1) is 12.8. The van der Waals surface area contributed by atoms with Gasteiger partial charge in [0.05, 0.1) is 6.10 Å². The Bertz CT molecular complexity index is 194. The van der Waals surface area contributed by atoms with Crippen LogP contribution >= 0.6 is 0 Å². The lowest BCUT2D eigenvalue weighted by atomic mass is 9.93. The number of allylic oxidation sites excluding steroid dienone is 1. The third kappa shape index (κ3) is 5.99. The summed E-state index contributed by atoms with van der Waals surface area (Å²) in [5.41, 5.74) is 1.50. The molecule has 0 aliphatic heterocycles. The van der Waals surface area contributed by atoms with Gasteiger partial charge in [-0.2, -0.15) is 0 Å². The summed E-state index contributed by atoms with van der Waals surface area (Å²) in [7, 11) is 0. The lowest BCUT2D eigenvalue weighted by Gasteiger charge is -2.16. The van der Waals surface area contributed by atoms with Crippen LogP contribution in [0.2, 0.25) is 0 Å². The van der Waals surface area contributed by atoms with E-state index in [9.17, 15) is 5.11 Å². The molecule has 1 aliphatic rings. The lowest BCUT2D eigenvalue weighted by Crippen LogP contribution is -2.09. The van der Waals surface area contributed by atoms with Gasteiger partial charge in [0, 0.05) is 0 Å². The zero-order valence-electron chi connectivity index (χ0n) is 10.3. The van der Waals surface area contributed by atoms with E-state index in [0.29, 0.717) is 0 Å². The monoisotopic (exact) mass is 210 g/mol. The zero-order chi connectivity index (χ0) is 11.1. The molecule has 1 atom stereocenters. The van der Waals surface area contributed by atoms with Crippen LogP contribution in [-0.2, 0) is 0 Å². The van der Waals surface area contributed by atoms with E-state index in [2.05, 4.69) is 19.9 Å². The van der Waals surface area contributed by atoms with E-state index in [-0.39, 0.29) is 6.10 Å². The largest absolute Gasteiger partial charge is 0.393 e. The third-order valence-corrected chi connectivity index (χ3v) is 3.20. The van der Waals surface area contributed by atoms with Crippen molar-refractivity contribution in [3.05, 3.63) is 11.6 Å². The van der Waals surface area contributed by atoms with E-state index in [1.54, 1.807) is 0 Å². The van der Waals surface area contributed by atoms with Crippen LogP contribution in [0.5, 0.6) is 0 Å². The first-order valence-corrected chi connectivity index (χ1v) is 6.54. The van der Waals surface area contributed by atoms with Crippen LogP contribution in [0.4, 0.5) is 0 Å². The maximum atomic E-state index is 9.87. The maximum Gasteiger partial charge on any atom is 0.0577 e. The predicted octanol–water partition coefficient (Wildman–Crippen LogP) is 4.06. The Kier molecular flexibility index (Phi) is 6.00. The number of aliphatic hydroxyl groups excluding tert-OH is 1. The quantitative estimate of drug-likeness (QED) is 0.655. The van der Waals surface area contributed by atoms with Crippen molar-refractivity contribution < 1.29 is 5.11 Å². The highest BCUT2D eigenvalue weighted by atomic mass is 16.3. The van der Waals surface area contributed by atoms with Crippen LogP contribution in [0, 0.1) is 5.92 Å². The fourth-order valence-electron chi connectivity index (χ4n) is 2.26. The average molecular weight is 210 g/mol. The van der Waals surface area contributed by atoms with Crippen molar-refractivity contribution >= 4 is 0 Å². The summed E-state index contributed by atoms with van der Waals surface area (Å²) >= 11 is 0. The lowest BCUT2D eigenvalue weighted by molar-refractivity contribution is 0.158. The Morgan fingerprint density at radius 2 is 2.07 bits per heavy atom. The summed E-state index contributed by atoms with van der Waals surface area (Å²) < 4.78 is 0. The highest BCUT2D eigenvalue weighted by Gasteiger charge is 2.10. The molecule has 0 bridgehead atoms. The first-order chi connectivity index (χ1) is 7.18. The van der Waals surface area contributed by atoms with Crippen LogP contribution in [0.15, 0.2) is 11.6 Å². The second-order valence-electron chi connectivity index (χ2n) is 5.29. The van der Waals surface area contributed by atoms with Gasteiger partial charge in [-0.3, -0.25) is 0 Å². The minimum Gasteiger partial charge on any atom is -0.393 e. The van der Waals surface area contributed by atoms with E-state index in [4.69, 9.17) is 0 Å². The number of hydrogen-bond donors (Lipinski definition) is 1. The zero-order valence-corrected chi connectivity index (χ0v) is 10.3. The number of hydrogen-bond acceptors (Lipinski definition) is 1. The van der Waals surface area contributed by atoms with E-state index >= 15 is 0 Å². The summed E-state index contributed by atoms with van der Waals surface area (Å²) in [5.74, 6) is 0.770. The van der Waals surface area contributed by atoms with Crippen LogP contribution in [0.3, 0.4) is 0 Å². The standard InChI is InChI=1S/C14H26O/c1-12(2)7-6-10-14(15)11-13-8-4-3-5-9-13/h8,12,14-15H,3-7,9-11H2,1-2H3. The SMILES string of the molecule is CC(C)CCCC(O)CC1=CCCCC1. The summed E-state index contributed by atoms with van der Waals surface area (Å²) in [6.45, 7) is 4.49. The van der Waals surface area contributed by atoms with Gasteiger partial charge in [-0.15, -0.1) is 0 Å². The van der Waals surface area contributed by atoms with E-state index < -0.39 is 0 Å². The molecule has 1 N–H and O–H groups in total. The maximum absolute atomic E-state index is 9.87. The van der Waals surface area contributed by atoms with Gasteiger partial charge in [0.25, 0.3) is 0 Å².